The van der Waals surface area contributed by atoms with E-state index in [0.29, 0.717) is 5.52 Å². The Bertz CT molecular complexity index is 438. The lowest BCUT2D eigenvalue weighted by Gasteiger charge is -1.94. The summed E-state index contributed by atoms with van der Waals surface area (Å²) in [6.07, 6.45) is 3.18. The van der Waals surface area contributed by atoms with Gasteiger partial charge in [-0.3, -0.25) is 0 Å². The van der Waals surface area contributed by atoms with E-state index in [-0.39, 0.29) is 18.1 Å². The molecule has 0 aliphatic rings. The van der Waals surface area contributed by atoms with E-state index in [1.54, 1.807) is 12.3 Å². The first-order valence-electron chi connectivity index (χ1n) is 3.44. The maximum atomic E-state index is 10.6. The number of nitrogens with one attached hydrogen (secondary N) is 1. The van der Waals surface area contributed by atoms with Crippen LogP contribution in [0.5, 0.6) is 0 Å². The topological polar surface area (TPSA) is 66.0 Å². The fourth-order valence-corrected chi connectivity index (χ4v) is 1.14. The molecule has 5 heteroatoms. The molecule has 0 saturated heterocycles. The number of aromatic amines is 1. The number of H-pyrrole nitrogens is 1. The van der Waals surface area contributed by atoms with Crippen molar-refractivity contribution >= 4 is 29.3 Å². The number of carboxylic acids is 1. The van der Waals surface area contributed by atoms with Gasteiger partial charge in [0.05, 0.1) is 5.52 Å². The highest BCUT2D eigenvalue weighted by atomic mass is 35.5. The molecule has 2 rings (SSSR count). The zero-order valence-electron chi connectivity index (χ0n) is 6.52. The van der Waals surface area contributed by atoms with Crippen LogP contribution < -0.4 is 0 Å². The van der Waals surface area contributed by atoms with E-state index in [1.165, 1.54) is 6.20 Å². The maximum Gasteiger partial charge on any atom is 0.356 e. The number of carbonyl (C=O) groups is 1. The lowest BCUT2D eigenvalue weighted by Crippen LogP contribution is -2.00. The molecule has 2 aromatic rings. The van der Waals surface area contributed by atoms with Crippen molar-refractivity contribution < 1.29 is 9.90 Å². The molecule has 2 aromatic heterocycles. The summed E-state index contributed by atoms with van der Waals surface area (Å²) in [6.45, 7) is 0. The summed E-state index contributed by atoms with van der Waals surface area (Å²) in [4.78, 5) is 17.2. The first-order valence-corrected chi connectivity index (χ1v) is 3.44. The molecular formula is C8H7ClN2O2. The Hall–Kier alpha value is -1.55. The largest absolute Gasteiger partial charge is 0.476 e. The number of aromatic nitrogens is 2. The molecule has 0 amide bonds. The Morgan fingerprint density at radius 1 is 1.46 bits per heavy atom. The van der Waals surface area contributed by atoms with Gasteiger partial charge in [0.1, 0.15) is 0 Å². The molecule has 0 aliphatic heterocycles. The van der Waals surface area contributed by atoms with E-state index in [1.807, 2.05) is 6.07 Å². The van der Waals surface area contributed by atoms with Gasteiger partial charge < -0.3 is 10.1 Å². The minimum atomic E-state index is -1.01. The molecule has 0 radical (unpaired) electrons. The van der Waals surface area contributed by atoms with Crippen molar-refractivity contribution in [2.24, 2.45) is 0 Å². The van der Waals surface area contributed by atoms with Crippen molar-refractivity contribution in [1.29, 1.82) is 0 Å². The number of pyridine rings is 1. The second kappa shape index (κ2) is 3.45. The van der Waals surface area contributed by atoms with E-state index in [2.05, 4.69) is 9.97 Å². The minimum Gasteiger partial charge on any atom is -0.476 e. The van der Waals surface area contributed by atoms with Crippen molar-refractivity contribution in [2.45, 2.75) is 0 Å². The van der Waals surface area contributed by atoms with Gasteiger partial charge in [-0.05, 0) is 12.1 Å². The Morgan fingerprint density at radius 2 is 2.23 bits per heavy atom. The number of carboxylic acid groups (broad SMARTS) is 1. The molecule has 2 heterocycles. The molecule has 0 unspecified atom stereocenters. The van der Waals surface area contributed by atoms with Gasteiger partial charge in [0.25, 0.3) is 0 Å². The number of hydrogen-bond donors (Lipinski definition) is 2. The molecule has 68 valence electrons. The Morgan fingerprint density at radius 3 is 2.92 bits per heavy atom. The van der Waals surface area contributed by atoms with Crippen LogP contribution in [0.2, 0.25) is 0 Å². The van der Waals surface area contributed by atoms with E-state index in [0.717, 1.165) is 5.39 Å². The summed E-state index contributed by atoms with van der Waals surface area (Å²) >= 11 is 0. The second-order valence-corrected chi connectivity index (χ2v) is 2.41. The fraction of sp³-hybridized carbons (Fsp3) is 0. The molecule has 0 aromatic carbocycles. The number of nitrogens with zero attached hydrogens (tertiary/aromatic N) is 1. The fourth-order valence-electron chi connectivity index (χ4n) is 1.14. The number of fused-ring (bicyclic) bond motifs is 1. The van der Waals surface area contributed by atoms with E-state index >= 15 is 0 Å². The first kappa shape index (κ1) is 9.54. The van der Waals surface area contributed by atoms with Gasteiger partial charge in [0, 0.05) is 17.8 Å². The third kappa shape index (κ3) is 1.48. The van der Waals surface area contributed by atoms with Gasteiger partial charge in [0.15, 0.2) is 5.69 Å². The second-order valence-electron chi connectivity index (χ2n) is 2.41. The zero-order valence-corrected chi connectivity index (χ0v) is 7.34. The molecule has 13 heavy (non-hydrogen) atoms. The standard InChI is InChI=1S/C8H6N2O2.ClH/c11-8(12)7-6-5(1-3-9-6)2-4-10-7;/h1-4,9H,(H,11,12);1H. The van der Waals surface area contributed by atoms with Crippen molar-refractivity contribution in [3.05, 3.63) is 30.2 Å². The van der Waals surface area contributed by atoms with Crippen molar-refractivity contribution in [2.75, 3.05) is 0 Å². The smallest absolute Gasteiger partial charge is 0.356 e. The maximum absolute atomic E-state index is 10.6. The minimum absolute atomic E-state index is 0. The predicted octanol–water partition coefficient (Wildman–Crippen LogP) is 1.68. The highest BCUT2D eigenvalue weighted by Crippen LogP contribution is 2.13. The van der Waals surface area contributed by atoms with Crippen molar-refractivity contribution in [3.8, 4) is 0 Å². The molecule has 4 nitrogen and oxygen atoms in total. The average molecular weight is 199 g/mol. The summed E-state index contributed by atoms with van der Waals surface area (Å²) in [5.74, 6) is -1.01. The Labute approximate surface area is 80.0 Å². The monoisotopic (exact) mass is 198 g/mol. The lowest BCUT2D eigenvalue weighted by molar-refractivity contribution is 0.0692. The average Bonchev–Trinajstić information content (AvgIpc) is 2.49. The summed E-state index contributed by atoms with van der Waals surface area (Å²) < 4.78 is 0. The summed E-state index contributed by atoms with van der Waals surface area (Å²) in [5, 5.41) is 9.58. The third-order valence-corrected chi connectivity index (χ3v) is 1.68. The van der Waals surface area contributed by atoms with Crippen LogP contribution in [0.1, 0.15) is 10.5 Å². The molecule has 0 bridgehead atoms. The predicted molar refractivity (Wildman–Crippen MR) is 50.3 cm³/mol. The van der Waals surface area contributed by atoms with Crippen molar-refractivity contribution in [3.63, 3.8) is 0 Å². The molecule has 0 aliphatic carbocycles. The Balaban J connectivity index is 0.000000845. The molecule has 0 saturated carbocycles. The molecule has 0 atom stereocenters. The highest BCUT2D eigenvalue weighted by Gasteiger charge is 2.09. The van der Waals surface area contributed by atoms with Crippen LogP contribution in [-0.4, -0.2) is 21.0 Å². The third-order valence-electron chi connectivity index (χ3n) is 1.68. The summed E-state index contributed by atoms with van der Waals surface area (Å²) in [7, 11) is 0. The van der Waals surface area contributed by atoms with Crippen LogP contribution in [0, 0.1) is 0 Å². The van der Waals surface area contributed by atoms with Crippen LogP contribution in [0.4, 0.5) is 0 Å². The van der Waals surface area contributed by atoms with Crippen LogP contribution in [0.25, 0.3) is 10.9 Å². The van der Waals surface area contributed by atoms with Gasteiger partial charge in [-0.1, -0.05) is 0 Å². The number of aromatic carboxylic acids is 1. The normalized spacial score (nSPS) is 9.54. The van der Waals surface area contributed by atoms with Gasteiger partial charge in [0.2, 0.25) is 0 Å². The highest BCUT2D eigenvalue weighted by molar-refractivity contribution is 5.99. The van der Waals surface area contributed by atoms with Gasteiger partial charge >= 0.3 is 5.97 Å². The van der Waals surface area contributed by atoms with Crippen LogP contribution in [0.3, 0.4) is 0 Å². The van der Waals surface area contributed by atoms with Gasteiger partial charge in [-0.25, -0.2) is 9.78 Å². The SMILES string of the molecule is Cl.O=C(O)c1nccc2cc[nH]c12. The van der Waals surface area contributed by atoms with Gasteiger partial charge in [-0.15, -0.1) is 12.4 Å². The van der Waals surface area contributed by atoms with Crippen LogP contribution in [-0.2, 0) is 0 Å². The zero-order chi connectivity index (χ0) is 8.55. The van der Waals surface area contributed by atoms with Crippen LogP contribution in [0.15, 0.2) is 24.5 Å². The van der Waals surface area contributed by atoms with E-state index in [4.69, 9.17) is 5.11 Å². The molecule has 0 spiro atoms. The lowest BCUT2D eigenvalue weighted by atomic mass is 10.2. The van der Waals surface area contributed by atoms with Crippen molar-refractivity contribution in [1.82, 2.24) is 9.97 Å². The number of halogens is 1. The summed E-state index contributed by atoms with van der Waals surface area (Å²) in [5.41, 5.74) is 0.641. The van der Waals surface area contributed by atoms with Gasteiger partial charge in [-0.2, -0.15) is 0 Å². The van der Waals surface area contributed by atoms with E-state index < -0.39 is 5.97 Å². The molecule has 0 fully saturated rings. The Kier molecular flexibility index (Phi) is 2.53. The summed E-state index contributed by atoms with van der Waals surface area (Å²) in [6, 6.07) is 3.57. The number of rotatable bonds is 1. The number of hydrogen-bond acceptors (Lipinski definition) is 2. The van der Waals surface area contributed by atoms with Crippen LogP contribution >= 0.6 is 12.4 Å². The van der Waals surface area contributed by atoms with E-state index in [9.17, 15) is 4.79 Å². The molecular weight excluding hydrogens is 192 g/mol. The molecule has 2 N–H and O–H groups in total. The first-order chi connectivity index (χ1) is 5.79. The quantitative estimate of drug-likeness (QED) is 0.733.